The molecule has 3 aromatic rings. The molecule has 0 aromatic heterocycles. The van der Waals surface area contributed by atoms with Gasteiger partial charge in [-0.05, 0) is 48.0 Å². The summed E-state index contributed by atoms with van der Waals surface area (Å²) < 4.78 is 0. The van der Waals surface area contributed by atoms with Gasteiger partial charge < -0.3 is 10.4 Å². The lowest BCUT2D eigenvalue weighted by Crippen LogP contribution is -1.97. The second-order valence-corrected chi connectivity index (χ2v) is 5.37. The molecule has 0 unspecified atom stereocenters. The summed E-state index contributed by atoms with van der Waals surface area (Å²) in [6.45, 7) is 0. The SMILES string of the molecule is O=C(O)c1cccc(N/N=C\c2ccc(Nc3ccccc3)cc2)c1. The molecule has 0 aliphatic carbocycles. The van der Waals surface area contributed by atoms with Crippen molar-refractivity contribution < 1.29 is 9.90 Å². The van der Waals surface area contributed by atoms with E-state index in [9.17, 15) is 4.79 Å². The predicted octanol–water partition coefficient (Wildman–Crippen LogP) is 4.57. The van der Waals surface area contributed by atoms with Gasteiger partial charge in [0.25, 0.3) is 0 Å². The van der Waals surface area contributed by atoms with Crippen LogP contribution in [0.4, 0.5) is 17.1 Å². The summed E-state index contributed by atoms with van der Waals surface area (Å²) in [7, 11) is 0. The molecule has 124 valence electrons. The summed E-state index contributed by atoms with van der Waals surface area (Å²) >= 11 is 0. The Morgan fingerprint density at radius 2 is 1.52 bits per heavy atom. The number of carbonyl (C=O) groups is 1. The molecule has 3 N–H and O–H groups in total. The van der Waals surface area contributed by atoms with Crippen molar-refractivity contribution in [3.05, 3.63) is 90.0 Å². The second-order valence-electron chi connectivity index (χ2n) is 5.37. The van der Waals surface area contributed by atoms with Crippen molar-refractivity contribution >= 4 is 29.2 Å². The Balaban J connectivity index is 1.60. The first kappa shape index (κ1) is 16.3. The Hall–Kier alpha value is -3.60. The zero-order chi connectivity index (χ0) is 17.5. The van der Waals surface area contributed by atoms with Crippen LogP contribution in [0.5, 0.6) is 0 Å². The van der Waals surface area contributed by atoms with E-state index < -0.39 is 5.97 Å². The third-order valence-corrected chi connectivity index (χ3v) is 3.49. The number of nitrogens with one attached hydrogen (secondary N) is 2. The number of hydrogen-bond donors (Lipinski definition) is 3. The summed E-state index contributed by atoms with van der Waals surface area (Å²) in [4.78, 5) is 10.9. The van der Waals surface area contributed by atoms with Gasteiger partial charge >= 0.3 is 5.97 Å². The molecule has 0 fully saturated rings. The van der Waals surface area contributed by atoms with Gasteiger partial charge in [0, 0.05) is 11.4 Å². The smallest absolute Gasteiger partial charge is 0.335 e. The molecular weight excluding hydrogens is 314 g/mol. The lowest BCUT2D eigenvalue weighted by atomic mass is 10.2. The zero-order valence-electron chi connectivity index (χ0n) is 13.4. The summed E-state index contributed by atoms with van der Waals surface area (Å²) in [6.07, 6.45) is 1.68. The number of anilines is 3. The fourth-order valence-corrected chi connectivity index (χ4v) is 2.24. The molecule has 3 rings (SSSR count). The lowest BCUT2D eigenvalue weighted by molar-refractivity contribution is 0.0697. The average Bonchev–Trinajstić information content (AvgIpc) is 2.64. The summed E-state index contributed by atoms with van der Waals surface area (Å²) in [6, 6.07) is 24.3. The highest BCUT2D eigenvalue weighted by Crippen LogP contribution is 2.16. The molecule has 0 atom stereocenters. The third kappa shape index (κ3) is 4.68. The molecule has 0 saturated carbocycles. The van der Waals surface area contributed by atoms with Crippen molar-refractivity contribution in [1.82, 2.24) is 0 Å². The van der Waals surface area contributed by atoms with Gasteiger partial charge in [0.1, 0.15) is 0 Å². The largest absolute Gasteiger partial charge is 0.478 e. The fraction of sp³-hybridized carbons (Fsp3) is 0. The van der Waals surface area contributed by atoms with Crippen molar-refractivity contribution in [2.45, 2.75) is 0 Å². The normalized spacial score (nSPS) is 10.6. The first-order chi connectivity index (χ1) is 12.2. The maximum atomic E-state index is 10.9. The number of aromatic carboxylic acids is 1. The number of hydrazone groups is 1. The number of benzene rings is 3. The van der Waals surface area contributed by atoms with E-state index in [0.717, 1.165) is 16.9 Å². The van der Waals surface area contributed by atoms with E-state index in [1.165, 1.54) is 12.1 Å². The van der Waals surface area contributed by atoms with E-state index in [4.69, 9.17) is 5.11 Å². The molecule has 5 nitrogen and oxygen atoms in total. The molecular formula is C20H17N3O2. The van der Waals surface area contributed by atoms with Gasteiger partial charge in [0.2, 0.25) is 0 Å². The molecule has 3 aromatic carbocycles. The summed E-state index contributed by atoms with van der Waals surface area (Å²) in [5, 5.41) is 16.4. The molecule has 0 heterocycles. The van der Waals surface area contributed by atoms with Gasteiger partial charge in [-0.3, -0.25) is 5.43 Å². The number of para-hydroxylation sites is 1. The maximum Gasteiger partial charge on any atom is 0.335 e. The molecule has 0 saturated heterocycles. The molecule has 25 heavy (non-hydrogen) atoms. The van der Waals surface area contributed by atoms with Crippen molar-refractivity contribution in [3.63, 3.8) is 0 Å². The number of nitrogens with zero attached hydrogens (tertiary/aromatic N) is 1. The highest BCUT2D eigenvalue weighted by molar-refractivity contribution is 5.89. The van der Waals surface area contributed by atoms with E-state index >= 15 is 0 Å². The van der Waals surface area contributed by atoms with Crippen LogP contribution < -0.4 is 10.7 Å². The van der Waals surface area contributed by atoms with Gasteiger partial charge in [-0.25, -0.2) is 4.79 Å². The Morgan fingerprint density at radius 1 is 0.840 bits per heavy atom. The van der Waals surface area contributed by atoms with Gasteiger partial charge in [0.05, 0.1) is 17.5 Å². The zero-order valence-corrected chi connectivity index (χ0v) is 13.4. The van der Waals surface area contributed by atoms with Gasteiger partial charge in [-0.1, -0.05) is 36.4 Å². The van der Waals surface area contributed by atoms with E-state index in [2.05, 4.69) is 15.8 Å². The molecule has 0 aliphatic rings. The minimum atomic E-state index is -0.964. The number of carboxylic acid groups (broad SMARTS) is 1. The van der Waals surface area contributed by atoms with Crippen LogP contribution in [-0.2, 0) is 0 Å². The van der Waals surface area contributed by atoms with Crippen LogP contribution in [0.2, 0.25) is 0 Å². The summed E-state index contributed by atoms with van der Waals surface area (Å²) in [5.74, 6) is -0.964. The van der Waals surface area contributed by atoms with Gasteiger partial charge in [0.15, 0.2) is 0 Å². The first-order valence-corrected chi connectivity index (χ1v) is 7.75. The Morgan fingerprint density at radius 3 is 2.24 bits per heavy atom. The molecule has 0 radical (unpaired) electrons. The van der Waals surface area contributed by atoms with Crippen molar-refractivity contribution in [2.75, 3.05) is 10.7 Å². The maximum absolute atomic E-state index is 10.9. The van der Waals surface area contributed by atoms with Crippen LogP contribution >= 0.6 is 0 Å². The minimum absolute atomic E-state index is 0.219. The van der Waals surface area contributed by atoms with Crippen LogP contribution in [0.3, 0.4) is 0 Å². The summed E-state index contributed by atoms with van der Waals surface area (Å²) in [5.41, 5.74) is 6.63. The van der Waals surface area contributed by atoms with Crippen LogP contribution in [0.1, 0.15) is 15.9 Å². The van der Waals surface area contributed by atoms with E-state index in [1.807, 2.05) is 54.6 Å². The molecule has 0 bridgehead atoms. The standard InChI is InChI=1S/C20H17N3O2/c24-20(25)16-5-4-8-19(13-16)23-21-14-15-9-11-18(12-10-15)22-17-6-2-1-3-7-17/h1-14,22-23H,(H,24,25)/b21-14-. The van der Waals surface area contributed by atoms with Crippen LogP contribution in [0.25, 0.3) is 0 Å². The van der Waals surface area contributed by atoms with Gasteiger partial charge in [-0.15, -0.1) is 0 Å². The number of rotatable bonds is 6. The molecule has 0 amide bonds. The lowest BCUT2D eigenvalue weighted by Gasteiger charge is -2.06. The molecule has 5 heteroatoms. The van der Waals surface area contributed by atoms with Crippen LogP contribution in [-0.4, -0.2) is 17.3 Å². The third-order valence-electron chi connectivity index (χ3n) is 3.49. The van der Waals surface area contributed by atoms with Crippen molar-refractivity contribution in [1.29, 1.82) is 0 Å². The number of hydrogen-bond acceptors (Lipinski definition) is 4. The monoisotopic (exact) mass is 331 g/mol. The van der Waals surface area contributed by atoms with E-state index in [0.29, 0.717) is 5.69 Å². The quantitative estimate of drug-likeness (QED) is 0.457. The average molecular weight is 331 g/mol. The minimum Gasteiger partial charge on any atom is -0.478 e. The Labute approximate surface area is 145 Å². The van der Waals surface area contributed by atoms with E-state index in [1.54, 1.807) is 18.3 Å². The molecule has 0 spiro atoms. The van der Waals surface area contributed by atoms with Gasteiger partial charge in [-0.2, -0.15) is 5.10 Å². The number of carboxylic acids is 1. The van der Waals surface area contributed by atoms with E-state index in [-0.39, 0.29) is 5.56 Å². The Bertz CT molecular complexity index is 875. The molecule has 0 aliphatic heterocycles. The van der Waals surface area contributed by atoms with Crippen molar-refractivity contribution in [3.8, 4) is 0 Å². The first-order valence-electron chi connectivity index (χ1n) is 7.75. The topological polar surface area (TPSA) is 73.7 Å². The highest BCUT2D eigenvalue weighted by atomic mass is 16.4. The predicted molar refractivity (Wildman–Crippen MR) is 101 cm³/mol. The van der Waals surface area contributed by atoms with Crippen LogP contribution in [0.15, 0.2) is 84.0 Å². The second kappa shape index (κ2) is 7.79. The Kier molecular flexibility index (Phi) is 5.07. The van der Waals surface area contributed by atoms with Crippen LogP contribution in [0, 0.1) is 0 Å². The fourth-order valence-electron chi connectivity index (χ4n) is 2.24. The van der Waals surface area contributed by atoms with Crippen molar-refractivity contribution in [2.24, 2.45) is 5.10 Å². The highest BCUT2D eigenvalue weighted by Gasteiger charge is 2.02.